The molecule has 0 radical (unpaired) electrons. The van der Waals surface area contributed by atoms with Crippen molar-refractivity contribution in [3.63, 3.8) is 0 Å². The Kier molecular flexibility index (Phi) is 7.81. The van der Waals surface area contributed by atoms with Crippen molar-refractivity contribution in [2.75, 3.05) is 19.0 Å². The Bertz CT molecular complexity index is 993. The summed E-state index contributed by atoms with van der Waals surface area (Å²) >= 11 is 1.55. The zero-order valence-corrected chi connectivity index (χ0v) is 20.0. The van der Waals surface area contributed by atoms with Crippen molar-refractivity contribution in [1.29, 1.82) is 0 Å². The van der Waals surface area contributed by atoms with Gasteiger partial charge in [0.05, 0.1) is 18.6 Å². The van der Waals surface area contributed by atoms with E-state index in [2.05, 4.69) is 22.8 Å². The van der Waals surface area contributed by atoms with E-state index in [-0.39, 0.29) is 29.6 Å². The average Bonchev–Trinajstić information content (AvgIpc) is 3.22. The van der Waals surface area contributed by atoms with E-state index < -0.39 is 0 Å². The normalized spacial score (nSPS) is 19.9. The van der Waals surface area contributed by atoms with E-state index in [4.69, 9.17) is 4.74 Å². The number of benzene rings is 1. The van der Waals surface area contributed by atoms with E-state index in [1.807, 2.05) is 18.2 Å². The monoisotopic (exact) mass is 468 g/mol. The van der Waals surface area contributed by atoms with E-state index in [0.717, 1.165) is 37.7 Å². The summed E-state index contributed by atoms with van der Waals surface area (Å²) in [5, 5.41) is 6.83. The lowest BCUT2D eigenvalue weighted by atomic mass is 9.81. The second-order valence-electron chi connectivity index (χ2n) is 8.97. The molecule has 6 nitrogen and oxygen atoms in total. The van der Waals surface area contributed by atoms with Crippen LogP contribution in [-0.4, -0.2) is 31.4 Å². The molecule has 0 unspecified atom stereocenters. The number of amides is 2. The molecule has 0 spiro atoms. The van der Waals surface area contributed by atoms with Crippen molar-refractivity contribution < 1.29 is 19.1 Å². The van der Waals surface area contributed by atoms with Crippen LogP contribution < -0.4 is 10.6 Å². The molecule has 0 saturated heterocycles. The SMILES string of the molecule is COC(=O)C1CCC(C(=O)Nc2sc3c(c2C(=O)NCCc2ccccc2)CCCC3)CC1. The summed E-state index contributed by atoms with van der Waals surface area (Å²) in [5.41, 5.74) is 2.94. The van der Waals surface area contributed by atoms with E-state index in [1.165, 1.54) is 17.6 Å². The third-order valence-corrected chi connectivity index (χ3v) is 8.02. The molecule has 2 aromatic rings. The van der Waals surface area contributed by atoms with Crippen molar-refractivity contribution in [2.45, 2.75) is 57.8 Å². The van der Waals surface area contributed by atoms with Gasteiger partial charge >= 0.3 is 5.97 Å². The molecule has 176 valence electrons. The van der Waals surface area contributed by atoms with Gasteiger partial charge in [0.15, 0.2) is 0 Å². The number of carbonyl (C=O) groups excluding carboxylic acids is 3. The van der Waals surface area contributed by atoms with Gasteiger partial charge in [-0.1, -0.05) is 30.3 Å². The largest absolute Gasteiger partial charge is 0.469 e. The molecule has 0 atom stereocenters. The van der Waals surface area contributed by atoms with Crippen LogP contribution in [0.4, 0.5) is 5.00 Å². The molecule has 7 heteroatoms. The Morgan fingerprint density at radius 3 is 2.42 bits per heavy atom. The number of fused-ring (bicyclic) bond motifs is 1. The molecule has 1 fully saturated rings. The minimum Gasteiger partial charge on any atom is -0.469 e. The summed E-state index contributed by atoms with van der Waals surface area (Å²) in [7, 11) is 1.41. The van der Waals surface area contributed by atoms with Gasteiger partial charge < -0.3 is 15.4 Å². The summed E-state index contributed by atoms with van der Waals surface area (Å²) in [5.74, 6) is -0.586. The summed E-state index contributed by atoms with van der Waals surface area (Å²) < 4.78 is 4.85. The van der Waals surface area contributed by atoms with Gasteiger partial charge in [0.1, 0.15) is 5.00 Å². The Morgan fingerprint density at radius 2 is 1.70 bits per heavy atom. The first kappa shape index (κ1) is 23.5. The zero-order valence-electron chi connectivity index (χ0n) is 19.2. The molecule has 1 saturated carbocycles. The number of anilines is 1. The quantitative estimate of drug-likeness (QED) is 0.585. The van der Waals surface area contributed by atoms with E-state index in [9.17, 15) is 14.4 Å². The number of thiophene rings is 1. The van der Waals surface area contributed by atoms with Crippen molar-refractivity contribution in [3.05, 3.63) is 51.9 Å². The Morgan fingerprint density at radius 1 is 1.00 bits per heavy atom. The number of rotatable bonds is 7. The second-order valence-corrected chi connectivity index (χ2v) is 10.1. The minimum absolute atomic E-state index is 0.0461. The highest BCUT2D eigenvalue weighted by molar-refractivity contribution is 7.17. The first-order valence-corrected chi connectivity index (χ1v) is 12.7. The predicted octanol–water partition coefficient (Wildman–Crippen LogP) is 4.52. The summed E-state index contributed by atoms with van der Waals surface area (Å²) in [4.78, 5) is 39.2. The topological polar surface area (TPSA) is 84.5 Å². The van der Waals surface area contributed by atoms with Gasteiger partial charge in [-0.15, -0.1) is 11.3 Å². The van der Waals surface area contributed by atoms with Crippen LogP contribution in [0.25, 0.3) is 0 Å². The molecule has 2 N–H and O–H groups in total. The number of methoxy groups -OCH3 is 1. The summed E-state index contributed by atoms with van der Waals surface area (Å²) in [6, 6.07) is 10.1. The van der Waals surface area contributed by atoms with Crippen molar-refractivity contribution >= 4 is 34.1 Å². The maximum absolute atomic E-state index is 13.2. The van der Waals surface area contributed by atoms with Gasteiger partial charge in [0.2, 0.25) is 5.91 Å². The van der Waals surface area contributed by atoms with Crippen LogP contribution in [0, 0.1) is 11.8 Å². The standard InChI is InChI=1S/C26H32N2O4S/c1-32-26(31)19-13-11-18(12-14-19)23(29)28-25-22(20-9-5-6-10-21(20)33-25)24(30)27-16-15-17-7-3-2-4-8-17/h2-4,7-8,18-19H,5-6,9-16H2,1H3,(H,27,30)(H,28,29). The van der Waals surface area contributed by atoms with Crippen LogP contribution in [0.2, 0.25) is 0 Å². The minimum atomic E-state index is -0.186. The van der Waals surface area contributed by atoms with Crippen molar-refractivity contribution in [1.82, 2.24) is 5.32 Å². The molecule has 1 heterocycles. The van der Waals surface area contributed by atoms with Crippen molar-refractivity contribution in [3.8, 4) is 0 Å². The molecular weight excluding hydrogens is 436 g/mol. The van der Waals surface area contributed by atoms with Crippen LogP contribution in [0.3, 0.4) is 0 Å². The number of esters is 1. The molecule has 0 bridgehead atoms. The molecule has 2 amide bonds. The van der Waals surface area contributed by atoms with Crippen LogP contribution >= 0.6 is 11.3 Å². The highest BCUT2D eigenvalue weighted by atomic mass is 32.1. The lowest BCUT2D eigenvalue weighted by Crippen LogP contribution is -2.31. The van der Waals surface area contributed by atoms with E-state index >= 15 is 0 Å². The Balaban J connectivity index is 1.42. The Hall–Kier alpha value is -2.67. The maximum Gasteiger partial charge on any atom is 0.308 e. The second kappa shape index (κ2) is 11.0. The third-order valence-electron chi connectivity index (χ3n) is 6.81. The van der Waals surface area contributed by atoms with E-state index in [0.29, 0.717) is 42.8 Å². The summed E-state index contributed by atoms with van der Waals surface area (Å²) in [6.07, 6.45) is 7.45. The molecule has 2 aliphatic rings. The van der Waals surface area contributed by atoms with Crippen LogP contribution in [0.1, 0.15) is 64.9 Å². The molecule has 2 aliphatic carbocycles. The number of aryl methyl sites for hydroxylation is 1. The third kappa shape index (κ3) is 5.64. The molecule has 1 aromatic heterocycles. The molecule has 0 aliphatic heterocycles. The Labute approximate surface area is 199 Å². The van der Waals surface area contributed by atoms with Crippen LogP contribution in [-0.2, 0) is 33.6 Å². The van der Waals surface area contributed by atoms with Crippen molar-refractivity contribution in [2.24, 2.45) is 11.8 Å². The number of hydrogen-bond donors (Lipinski definition) is 2. The van der Waals surface area contributed by atoms with Crippen LogP contribution in [0.5, 0.6) is 0 Å². The van der Waals surface area contributed by atoms with Gasteiger partial charge in [-0.25, -0.2) is 0 Å². The fourth-order valence-corrected chi connectivity index (χ4v) is 6.21. The smallest absolute Gasteiger partial charge is 0.308 e. The van der Waals surface area contributed by atoms with Gasteiger partial charge in [-0.3, -0.25) is 14.4 Å². The number of ether oxygens (including phenoxy) is 1. The maximum atomic E-state index is 13.2. The lowest BCUT2D eigenvalue weighted by molar-refractivity contribution is -0.147. The van der Waals surface area contributed by atoms with Gasteiger partial charge in [-0.2, -0.15) is 0 Å². The fraction of sp³-hybridized carbons (Fsp3) is 0.500. The summed E-state index contributed by atoms with van der Waals surface area (Å²) in [6.45, 7) is 0.554. The average molecular weight is 469 g/mol. The van der Waals surface area contributed by atoms with Gasteiger partial charge in [0, 0.05) is 17.3 Å². The fourth-order valence-electron chi connectivity index (χ4n) is 4.92. The molecule has 1 aromatic carbocycles. The van der Waals surface area contributed by atoms with Gasteiger partial charge in [0.25, 0.3) is 5.91 Å². The van der Waals surface area contributed by atoms with Crippen LogP contribution in [0.15, 0.2) is 30.3 Å². The highest BCUT2D eigenvalue weighted by Gasteiger charge is 2.32. The zero-order chi connectivity index (χ0) is 23.2. The molecule has 4 rings (SSSR count). The lowest BCUT2D eigenvalue weighted by Gasteiger charge is -2.26. The number of carbonyl (C=O) groups is 3. The van der Waals surface area contributed by atoms with E-state index in [1.54, 1.807) is 11.3 Å². The molecular formula is C26H32N2O4S. The first-order valence-electron chi connectivity index (χ1n) is 11.9. The number of nitrogens with one attached hydrogen (secondary N) is 2. The van der Waals surface area contributed by atoms with Gasteiger partial charge in [-0.05, 0) is 68.9 Å². The first-order chi connectivity index (χ1) is 16.1. The predicted molar refractivity (Wildman–Crippen MR) is 130 cm³/mol. The number of hydrogen-bond acceptors (Lipinski definition) is 5. The highest BCUT2D eigenvalue weighted by Crippen LogP contribution is 2.39. The molecule has 33 heavy (non-hydrogen) atoms.